The van der Waals surface area contributed by atoms with E-state index in [9.17, 15) is 4.39 Å². The van der Waals surface area contributed by atoms with E-state index in [1.807, 2.05) is 0 Å². The zero-order valence-electron chi connectivity index (χ0n) is 9.64. The van der Waals surface area contributed by atoms with Gasteiger partial charge in [0.2, 0.25) is 5.88 Å². The van der Waals surface area contributed by atoms with Crippen molar-refractivity contribution in [2.24, 2.45) is 0 Å². The van der Waals surface area contributed by atoms with E-state index in [1.54, 1.807) is 19.1 Å². The Labute approximate surface area is 103 Å². The van der Waals surface area contributed by atoms with Gasteiger partial charge in [0.05, 0.1) is 17.4 Å². The fraction of sp³-hybridized carbons (Fsp3) is 0.0769. The molecule has 90 valence electrons. The van der Waals surface area contributed by atoms with E-state index in [0.717, 1.165) is 11.6 Å². The maximum atomic E-state index is 13.4. The fourth-order valence-electron chi connectivity index (χ4n) is 1.45. The van der Waals surface area contributed by atoms with Crippen LogP contribution in [0.1, 0.15) is 11.1 Å². The number of aryl methyl sites for hydroxylation is 1. The Morgan fingerprint density at radius 3 is 2.78 bits per heavy atom. The van der Waals surface area contributed by atoms with E-state index in [-0.39, 0.29) is 11.3 Å². The van der Waals surface area contributed by atoms with Gasteiger partial charge in [0, 0.05) is 11.6 Å². The molecule has 2 aromatic rings. The molecule has 4 nitrogen and oxygen atoms in total. The number of ether oxygens (including phenoxy) is 1. The molecule has 0 unspecified atom stereocenters. The Morgan fingerprint density at radius 2 is 2.17 bits per heavy atom. The van der Waals surface area contributed by atoms with E-state index in [1.165, 1.54) is 18.3 Å². The average molecular weight is 243 g/mol. The van der Waals surface area contributed by atoms with E-state index >= 15 is 0 Å². The third kappa shape index (κ3) is 2.38. The van der Waals surface area contributed by atoms with Crippen molar-refractivity contribution in [1.82, 2.24) is 4.98 Å². The minimum atomic E-state index is -0.622. The monoisotopic (exact) mass is 243 g/mol. The van der Waals surface area contributed by atoms with E-state index < -0.39 is 5.82 Å². The molecule has 1 aromatic carbocycles. The highest BCUT2D eigenvalue weighted by Gasteiger charge is 2.07. The number of rotatable bonds is 2. The summed E-state index contributed by atoms with van der Waals surface area (Å²) in [6.45, 7) is 1.79. The molecule has 0 amide bonds. The van der Waals surface area contributed by atoms with Gasteiger partial charge in [0.15, 0.2) is 0 Å². The summed E-state index contributed by atoms with van der Waals surface area (Å²) in [7, 11) is 0. The maximum Gasteiger partial charge on any atom is 0.222 e. The molecule has 0 spiro atoms. The maximum absolute atomic E-state index is 13.4. The van der Waals surface area contributed by atoms with Gasteiger partial charge in [-0.05, 0) is 25.1 Å². The molecule has 2 rings (SSSR count). The van der Waals surface area contributed by atoms with Gasteiger partial charge in [0.25, 0.3) is 0 Å². The molecule has 0 aliphatic rings. The van der Waals surface area contributed by atoms with Crippen molar-refractivity contribution in [3.05, 3.63) is 47.4 Å². The Bertz CT molecular complexity index is 635. The lowest BCUT2D eigenvalue weighted by atomic mass is 10.2. The van der Waals surface area contributed by atoms with Crippen molar-refractivity contribution < 1.29 is 9.13 Å². The van der Waals surface area contributed by atoms with Crippen LogP contribution in [0.3, 0.4) is 0 Å². The number of nitriles is 1. The summed E-state index contributed by atoms with van der Waals surface area (Å²) in [6.07, 6.45) is 1.46. The lowest BCUT2D eigenvalue weighted by molar-refractivity contribution is 0.454. The summed E-state index contributed by atoms with van der Waals surface area (Å²) < 4.78 is 18.8. The second-order valence-electron chi connectivity index (χ2n) is 3.75. The number of hydrogen-bond donors (Lipinski definition) is 1. The molecule has 5 heteroatoms. The Kier molecular flexibility index (Phi) is 3.11. The van der Waals surface area contributed by atoms with Crippen LogP contribution in [-0.4, -0.2) is 4.98 Å². The van der Waals surface area contributed by atoms with E-state index in [4.69, 9.17) is 15.7 Å². The SMILES string of the molecule is Cc1cc(N)cnc1Oc1ccc(C#N)c(F)c1. The van der Waals surface area contributed by atoms with Gasteiger partial charge in [0.1, 0.15) is 17.6 Å². The van der Waals surface area contributed by atoms with Crippen LogP contribution in [0.15, 0.2) is 30.5 Å². The molecule has 0 fully saturated rings. The lowest BCUT2D eigenvalue weighted by Gasteiger charge is -2.08. The number of hydrogen-bond acceptors (Lipinski definition) is 4. The lowest BCUT2D eigenvalue weighted by Crippen LogP contribution is -1.95. The number of aromatic nitrogens is 1. The number of benzene rings is 1. The van der Waals surface area contributed by atoms with Crippen LogP contribution in [0.25, 0.3) is 0 Å². The molecular weight excluding hydrogens is 233 g/mol. The van der Waals surface area contributed by atoms with Gasteiger partial charge < -0.3 is 10.5 Å². The fourth-order valence-corrected chi connectivity index (χ4v) is 1.45. The highest BCUT2D eigenvalue weighted by atomic mass is 19.1. The van der Waals surface area contributed by atoms with Gasteiger partial charge in [-0.25, -0.2) is 9.37 Å². The topological polar surface area (TPSA) is 71.9 Å². The molecule has 0 saturated heterocycles. The molecule has 0 aliphatic carbocycles. The molecule has 1 heterocycles. The van der Waals surface area contributed by atoms with E-state index in [2.05, 4.69) is 4.98 Å². The first-order valence-electron chi connectivity index (χ1n) is 5.20. The highest BCUT2D eigenvalue weighted by molar-refractivity contribution is 5.44. The minimum absolute atomic E-state index is 0.0238. The third-order valence-electron chi connectivity index (χ3n) is 2.33. The highest BCUT2D eigenvalue weighted by Crippen LogP contribution is 2.25. The molecule has 18 heavy (non-hydrogen) atoms. The molecule has 0 saturated carbocycles. The minimum Gasteiger partial charge on any atom is -0.439 e. The van der Waals surface area contributed by atoms with Crippen molar-refractivity contribution in [2.75, 3.05) is 5.73 Å². The number of nitrogens with two attached hydrogens (primary N) is 1. The summed E-state index contributed by atoms with van der Waals surface area (Å²) in [5.41, 5.74) is 6.83. The summed E-state index contributed by atoms with van der Waals surface area (Å²) in [4.78, 5) is 4.01. The Morgan fingerprint density at radius 1 is 1.39 bits per heavy atom. The quantitative estimate of drug-likeness (QED) is 0.880. The second-order valence-corrected chi connectivity index (χ2v) is 3.75. The zero-order valence-corrected chi connectivity index (χ0v) is 9.64. The first kappa shape index (κ1) is 11.9. The second kappa shape index (κ2) is 4.72. The van der Waals surface area contributed by atoms with Gasteiger partial charge in [-0.15, -0.1) is 0 Å². The van der Waals surface area contributed by atoms with Gasteiger partial charge >= 0.3 is 0 Å². The van der Waals surface area contributed by atoms with Crippen LogP contribution in [0.5, 0.6) is 11.6 Å². The summed E-state index contributed by atoms with van der Waals surface area (Å²) in [5.74, 6) is 0.0169. The van der Waals surface area contributed by atoms with Crippen molar-refractivity contribution in [2.45, 2.75) is 6.92 Å². The molecule has 2 N–H and O–H groups in total. The molecule has 1 aromatic heterocycles. The first-order valence-corrected chi connectivity index (χ1v) is 5.20. The van der Waals surface area contributed by atoms with Crippen LogP contribution in [0.2, 0.25) is 0 Å². The van der Waals surface area contributed by atoms with Crippen molar-refractivity contribution in [1.29, 1.82) is 5.26 Å². The number of pyridine rings is 1. The summed E-state index contributed by atoms with van der Waals surface area (Å²) in [6, 6.07) is 7.47. The zero-order chi connectivity index (χ0) is 13.1. The summed E-state index contributed by atoms with van der Waals surface area (Å²) >= 11 is 0. The predicted molar refractivity (Wildman–Crippen MR) is 64.6 cm³/mol. The van der Waals surface area contributed by atoms with E-state index in [0.29, 0.717) is 11.6 Å². The Balaban J connectivity index is 2.29. The molecular formula is C13H10FN3O. The standard InChI is InChI=1S/C13H10FN3O/c1-8-4-10(16)7-17-13(8)18-11-3-2-9(6-15)12(14)5-11/h2-5,7H,16H2,1H3. The van der Waals surface area contributed by atoms with Gasteiger partial charge in [-0.3, -0.25) is 0 Å². The van der Waals surface area contributed by atoms with Crippen LogP contribution in [0, 0.1) is 24.1 Å². The summed E-state index contributed by atoms with van der Waals surface area (Å²) in [5, 5.41) is 8.62. The van der Waals surface area contributed by atoms with Crippen LogP contribution in [-0.2, 0) is 0 Å². The molecule has 0 aliphatic heterocycles. The van der Waals surface area contributed by atoms with Crippen molar-refractivity contribution in [3.63, 3.8) is 0 Å². The number of nitrogen functional groups attached to an aromatic ring is 1. The van der Waals surface area contributed by atoms with Crippen molar-refractivity contribution >= 4 is 5.69 Å². The Hall–Kier alpha value is -2.61. The normalized spacial score (nSPS) is 9.83. The average Bonchev–Trinajstić information content (AvgIpc) is 2.33. The third-order valence-corrected chi connectivity index (χ3v) is 2.33. The predicted octanol–water partition coefficient (Wildman–Crippen LogP) is 2.78. The van der Waals surface area contributed by atoms with Gasteiger partial charge in [-0.2, -0.15) is 5.26 Å². The largest absolute Gasteiger partial charge is 0.439 e. The molecule has 0 bridgehead atoms. The number of halogens is 1. The van der Waals surface area contributed by atoms with Crippen molar-refractivity contribution in [3.8, 4) is 17.7 Å². The molecule has 0 radical (unpaired) electrons. The van der Waals surface area contributed by atoms with Crippen LogP contribution in [0.4, 0.5) is 10.1 Å². The molecule has 0 atom stereocenters. The number of anilines is 1. The van der Waals surface area contributed by atoms with Gasteiger partial charge in [-0.1, -0.05) is 0 Å². The smallest absolute Gasteiger partial charge is 0.222 e. The van der Waals surface area contributed by atoms with Crippen LogP contribution >= 0.6 is 0 Å². The number of nitrogens with zero attached hydrogens (tertiary/aromatic N) is 2. The first-order chi connectivity index (χ1) is 8.60. The van der Waals surface area contributed by atoms with Crippen LogP contribution < -0.4 is 10.5 Å².